The Morgan fingerprint density at radius 2 is 1.91 bits per heavy atom. The zero-order valence-corrected chi connectivity index (χ0v) is 22.9. The first-order valence-corrected chi connectivity index (χ1v) is 11.8. The van der Waals surface area contributed by atoms with Crippen LogP contribution in [0.3, 0.4) is 0 Å². The standard InChI is InChI=1S/C26H35N7.HI/c1-5-27-26(30-24-14-20(3)32(18-24)17-22-9-7-6-8-10-22)29-16-23-11-12-25(28-15-23)33-21(4)13-19(2)31-33;/h6-13,15,20,24H,5,14,16-18H2,1-4H3,(H2,27,29,30);1H. The Morgan fingerprint density at radius 1 is 1.12 bits per heavy atom. The van der Waals surface area contributed by atoms with Gasteiger partial charge < -0.3 is 10.6 Å². The van der Waals surface area contributed by atoms with Crippen LogP contribution in [0.25, 0.3) is 5.82 Å². The molecule has 1 saturated heterocycles. The molecule has 3 aromatic rings. The van der Waals surface area contributed by atoms with Gasteiger partial charge in [0.15, 0.2) is 11.8 Å². The molecule has 0 spiro atoms. The molecular formula is C26H36IN7. The van der Waals surface area contributed by atoms with Gasteiger partial charge in [0.05, 0.1) is 12.2 Å². The Labute approximate surface area is 220 Å². The van der Waals surface area contributed by atoms with Crippen molar-refractivity contribution in [2.24, 2.45) is 4.99 Å². The maximum atomic E-state index is 4.82. The highest BCUT2D eigenvalue weighted by Crippen LogP contribution is 2.20. The van der Waals surface area contributed by atoms with Gasteiger partial charge in [-0.05, 0) is 57.4 Å². The summed E-state index contributed by atoms with van der Waals surface area (Å²) in [6.45, 7) is 11.9. The van der Waals surface area contributed by atoms with Crippen LogP contribution in [0.1, 0.15) is 42.8 Å². The molecule has 7 nitrogen and oxygen atoms in total. The van der Waals surface area contributed by atoms with Gasteiger partial charge in [-0.25, -0.2) is 14.7 Å². The van der Waals surface area contributed by atoms with Gasteiger partial charge in [-0.3, -0.25) is 4.90 Å². The number of aliphatic imine (C=N–C) groups is 1. The van der Waals surface area contributed by atoms with E-state index < -0.39 is 0 Å². The smallest absolute Gasteiger partial charge is 0.191 e. The van der Waals surface area contributed by atoms with E-state index in [-0.39, 0.29) is 24.0 Å². The fourth-order valence-electron chi connectivity index (χ4n) is 4.42. The molecule has 0 radical (unpaired) electrons. The molecule has 4 rings (SSSR count). The molecule has 2 aromatic heterocycles. The SMILES string of the molecule is CCNC(=NCc1ccc(-n2nc(C)cc2C)nc1)NC1CC(C)N(Cc2ccccc2)C1.I. The van der Waals surface area contributed by atoms with Crippen LogP contribution in [0.15, 0.2) is 59.7 Å². The fraction of sp³-hybridized carbons (Fsp3) is 0.423. The van der Waals surface area contributed by atoms with Gasteiger partial charge in [-0.2, -0.15) is 5.10 Å². The molecule has 1 fully saturated rings. The number of nitrogens with zero attached hydrogens (tertiary/aromatic N) is 5. The van der Waals surface area contributed by atoms with Gasteiger partial charge in [0.2, 0.25) is 0 Å². The summed E-state index contributed by atoms with van der Waals surface area (Å²) in [7, 11) is 0. The Bertz CT molecular complexity index is 1060. The summed E-state index contributed by atoms with van der Waals surface area (Å²) in [6.07, 6.45) is 2.99. The van der Waals surface area contributed by atoms with Gasteiger partial charge in [-0.1, -0.05) is 36.4 Å². The normalized spacial score (nSPS) is 18.5. The van der Waals surface area contributed by atoms with Gasteiger partial charge in [0.1, 0.15) is 0 Å². The molecule has 0 amide bonds. The summed E-state index contributed by atoms with van der Waals surface area (Å²) < 4.78 is 1.87. The molecule has 2 N–H and O–H groups in total. The number of likely N-dealkylation sites (tertiary alicyclic amines) is 1. The number of hydrogen-bond donors (Lipinski definition) is 2. The van der Waals surface area contributed by atoms with Crippen LogP contribution in [-0.4, -0.2) is 50.8 Å². The van der Waals surface area contributed by atoms with E-state index in [1.807, 2.05) is 30.8 Å². The predicted molar refractivity (Wildman–Crippen MR) is 149 cm³/mol. The van der Waals surface area contributed by atoms with Crippen molar-refractivity contribution in [3.63, 3.8) is 0 Å². The zero-order valence-electron chi connectivity index (χ0n) is 20.5. The Morgan fingerprint density at radius 3 is 2.56 bits per heavy atom. The van der Waals surface area contributed by atoms with Gasteiger partial charge >= 0.3 is 0 Å². The molecule has 8 heteroatoms. The first kappa shape index (κ1) is 26.2. The van der Waals surface area contributed by atoms with Crippen molar-refractivity contribution < 1.29 is 0 Å². The maximum absolute atomic E-state index is 4.82. The molecular weight excluding hydrogens is 537 g/mol. The largest absolute Gasteiger partial charge is 0.357 e. The highest BCUT2D eigenvalue weighted by atomic mass is 127. The molecule has 1 aliphatic rings. The first-order valence-electron chi connectivity index (χ1n) is 11.8. The van der Waals surface area contributed by atoms with Crippen molar-refractivity contribution >= 4 is 29.9 Å². The van der Waals surface area contributed by atoms with Crippen molar-refractivity contribution in [3.05, 3.63) is 77.2 Å². The minimum absolute atomic E-state index is 0. The van der Waals surface area contributed by atoms with E-state index in [0.717, 1.165) is 54.8 Å². The number of benzene rings is 1. The van der Waals surface area contributed by atoms with Crippen LogP contribution in [0.5, 0.6) is 0 Å². The minimum Gasteiger partial charge on any atom is -0.357 e. The van der Waals surface area contributed by atoms with E-state index in [2.05, 4.69) is 81.9 Å². The highest BCUT2D eigenvalue weighted by Gasteiger charge is 2.29. The quantitative estimate of drug-likeness (QED) is 0.252. The number of aromatic nitrogens is 3. The summed E-state index contributed by atoms with van der Waals surface area (Å²) in [4.78, 5) is 12.0. The average Bonchev–Trinajstić information content (AvgIpc) is 3.33. The molecule has 0 bridgehead atoms. The second-order valence-corrected chi connectivity index (χ2v) is 8.90. The number of hydrogen-bond acceptors (Lipinski definition) is 4. The molecule has 182 valence electrons. The summed E-state index contributed by atoms with van der Waals surface area (Å²) >= 11 is 0. The fourth-order valence-corrected chi connectivity index (χ4v) is 4.42. The van der Waals surface area contributed by atoms with Crippen LogP contribution in [0, 0.1) is 13.8 Å². The second kappa shape index (κ2) is 12.3. The van der Waals surface area contributed by atoms with Gasteiger partial charge in [-0.15, -0.1) is 24.0 Å². The van der Waals surface area contributed by atoms with Gasteiger partial charge in [0.25, 0.3) is 0 Å². The minimum atomic E-state index is 0. The van der Waals surface area contributed by atoms with Crippen molar-refractivity contribution in [2.75, 3.05) is 13.1 Å². The van der Waals surface area contributed by atoms with E-state index in [1.165, 1.54) is 5.56 Å². The molecule has 0 saturated carbocycles. The first-order chi connectivity index (χ1) is 16.0. The lowest BCUT2D eigenvalue weighted by Gasteiger charge is -2.21. The van der Waals surface area contributed by atoms with Crippen molar-refractivity contribution in [1.82, 2.24) is 30.3 Å². The Kier molecular flexibility index (Phi) is 9.46. The number of rotatable bonds is 7. The highest BCUT2D eigenvalue weighted by molar-refractivity contribution is 14.0. The number of halogens is 1. The summed E-state index contributed by atoms with van der Waals surface area (Å²) in [5, 5.41) is 11.5. The van der Waals surface area contributed by atoms with Crippen LogP contribution in [0.2, 0.25) is 0 Å². The molecule has 2 unspecified atom stereocenters. The number of nitrogens with one attached hydrogen (secondary N) is 2. The van der Waals surface area contributed by atoms with Gasteiger partial charge in [0, 0.05) is 43.6 Å². The number of guanidine groups is 1. The van der Waals surface area contributed by atoms with E-state index in [0.29, 0.717) is 18.6 Å². The molecule has 1 aliphatic heterocycles. The third kappa shape index (κ3) is 6.79. The van der Waals surface area contributed by atoms with Crippen LogP contribution in [0.4, 0.5) is 0 Å². The van der Waals surface area contributed by atoms with Crippen molar-refractivity contribution in [3.8, 4) is 5.82 Å². The summed E-state index contributed by atoms with van der Waals surface area (Å²) in [5.74, 6) is 1.69. The topological polar surface area (TPSA) is 70.4 Å². The average molecular weight is 574 g/mol. The third-order valence-corrected chi connectivity index (χ3v) is 6.07. The molecule has 3 heterocycles. The van der Waals surface area contributed by atoms with E-state index >= 15 is 0 Å². The van der Waals surface area contributed by atoms with Crippen molar-refractivity contribution in [1.29, 1.82) is 0 Å². The summed E-state index contributed by atoms with van der Waals surface area (Å²) in [6, 6.07) is 17.8. The van der Waals surface area contributed by atoms with E-state index in [9.17, 15) is 0 Å². The molecule has 1 aromatic carbocycles. The zero-order chi connectivity index (χ0) is 23.2. The predicted octanol–water partition coefficient (Wildman–Crippen LogP) is 4.22. The Balaban J connectivity index is 0.00000324. The number of pyridine rings is 1. The van der Waals surface area contributed by atoms with E-state index in [4.69, 9.17) is 4.99 Å². The monoisotopic (exact) mass is 573 g/mol. The van der Waals surface area contributed by atoms with Crippen molar-refractivity contribution in [2.45, 2.75) is 59.3 Å². The van der Waals surface area contributed by atoms with Crippen LogP contribution < -0.4 is 10.6 Å². The maximum Gasteiger partial charge on any atom is 0.191 e. The Hall–Kier alpha value is -2.46. The van der Waals surface area contributed by atoms with E-state index in [1.54, 1.807) is 0 Å². The molecule has 34 heavy (non-hydrogen) atoms. The lowest BCUT2D eigenvalue weighted by molar-refractivity contribution is 0.258. The molecule has 2 atom stereocenters. The lowest BCUT2D eigenvalue weighted by atomic mass is 10.2. The second-order valence-electron chi connectivity index (χ2n) is 8.90. The molecule has 0 aliphatic carbocycles. The van der Waals surface area contributed by atoms with Crippen LogP contribution >= 0.6 is 24.0 Å². The summed E-state index contributed by atoms with van der Waals surface area (Å²) in [5.41, 5.74) is 4.51. The number of aryl methyl sites for hydroxylation is 2. The third-order valence-electron chi connectivity index (χ3n) is 6.07. The lowest BCUT2D eigenvalue weighted by Crippen LogP contribution is -2.44. The van der Waals surface area contributed by atoms with Crippen LogP contribution in [-0.2, 0) is 13.1 Å².